The number of aromatic nitrogens is 2. The van der Waals surface area contributed by atoms with E-state index in [4.69, 9.17) is 0 Å². The number of aryl methyl sites for hydroxylation is 3. The second-order valence-electron chi connectivity index (χ2n) is 6.01. The quantitative estimate of drug-likeness (QED) is 0.607. The lowest BCUT2D eigenvalue weighted by molar-refractivity contribution is -0.385. The molecule has 0 aliphatic rings. The minimum Gasteiger partial charge on any atom is -0.272 e. The minimum absolute atomic E-state index is 0.0421. The van der Waals surface area contributed by atoms with E-state index in [2.05, 4.69) is 5.10 Å². The van der Waals surface area contributed by atoms with Gasteiger partial charge < -0.3 is 0 Å². The number of nitrogens with zero attached hydrogens (tertiary/aromatic N) is 3. The number of nitrogens with one attached hydrogen (secondary N) is 1. The molecule has 0 aliphatic heterocycles. The highest BCUT2D eigenvalue weighted by Gasteiger charge is 2.46. The molecule has 0 spiro atoms. The number of rotatable bonds is 5. The Morgan fingerprint density at radius 2 is 1.85 bits per heavy atom. The van der Waals surface area contributed by atoms with E-state index in [9.17, 15) is 31.7 Å². The Hall–Kier alpha value is -2.47. The van der Waals surface area contributed by atoms with Gasteiger partial charge in [0.2, 0.25) is 10.0 Å². The summed E-state index contributed by atoms with van der Waals surface area (Å²) in [6, 6.07) is 0.306. The van der Waals surface area contributed by atoms with Crippen molar-refractivity contribution in [3.05, 3.63) is 50.8 Å². The first-order valence-electron chi connectivity index (χ1n) is 7.60. The molecule has 0 saturated heterocycles. The molecule has 0 fully saturated rings. The van der Waals surface area contributed by atoms with Gasteiger partial charge in [-0.25, -0.2) is 8.42 Å². The summed E-state index contributed by atoms with van der Waals surface area (Å²) in [4.78, 5) is 9.57. The zero-order valence-electron chi connectivity index (χ0n) is 14.8. The maximum atomic E-state index is 13.6. The van der Waals surface area contributed by atoms with Crippen LogP contribution in [0.15, 0.2) is 23.1 Å². The van der Waals surface area contributed by atoms with Gasteiger partial charge in [-0.05, 0) is 32.4 Å². The van der Waals surface area contributed by atoms with Gasteiger partial charge in [-0.2, -0.15) is 23.0 Å². The number of hydrogen-bond donors (Lipinski definition) is 1. The monoisotopic (exact) mass is 406 g/mol. The van der Waals surface area contributed by atoms with Crippen LogP contribution in [-0.4, -0.2) is 29.3 Å². The van der Waals surface area contributed by atoms with Gasteiger partial charge in [0.05, 0.1) is 15.5 Å². The molecule has 0 aliphatic carbocycles. The Balaban J connectivity index is 2.53. The molecule has 0 amide bonds. The molecular formula is C15H17F3N4O4S. The van der Waals surface area contributed by atoms with Crippen LogP contribution < -0.4 is 4.72 Å². The van der Waals surface area contributed by atoms with Crippen molar-refractivity contribution < 1.29 is 26.5 Å². The molecule has 148 valence electrons. The van der Waals surface area contributed by atoms with Crippen molar-refractivity contribution in [1.29, 1.82) is 0 Å². The number of nitro benzene ring substituents is 1. The number of non-ortho nitro benzene ring substituents is 1. The summed E-state index contributed by atoms with van der Waals surface area (Å²) in [6.45, 7) is 4.02. The zero-order valence-corrected chi connectivity index (χ0v) is 15.6. The van der Waals surface area contributed by atoms with Gasteiger partial charge in [-0.3, -0.25) is 14.8 Å². The maximum absolute atomic E-state index is 13.6. The van der Waals surface area contributed by atoms with Gasteiger partial charge in [0, 0.05) is 30.4 Å². The highest BCUT2D eigenvalue weighted by atomic mass is 32.2. The van der Waals surface area contributed by atoms with Crippen molar-refractivity contribution >= 4 is 15.7 Å². The SMILES string of the molecule is Cc1cc([N+](=O)[O-])ccc1S(=O)(=O)NC(c1c(C)nn(C)c1C)C(F)(F)F. The lowest BCUT2D eigenvalue weighted by Gasteiger charge is -2.22. The molecule has 0 radical (unpaired) electrons. The minimum atomic E-state index is -4.92. The average molecular weight is 406 g/mol. The highest BCUT2D eigenvalue weighted by molar-refractivity contribution is 7.89. The lowest BCUT2D eigenvalue weighted by Crippen LogP contribution is -2.39. The van der Waals surface area contributed by atoms with Gasteiger partial charge in [0.15, 0.2) is 0 Å². The Morgan fingerprint density at radius 3 is 2.26 bits per heavy atom. The van der Waals surface area contributed by atoms with E-state index < -0.39 is 32.1 Å². The van der Waals surface area contributed by atoms with Crippen LogP contribution in [0.1, 0.15) is 28.6 Å². The zero-order chi connectivity index (χ0) is 20.7. The summed E-state index contributed by atoms with van der Waals surface area (Å²) >= 11 is 0. The first kappa shape index (κ1) is 20.8. The third-order valence-corrected chi connectivity index (χ3v) is 5.70. The van der Waals surface area contributed by atoms with E-state index in [0.29, 0.717) is 0 Å². The Morgan fingerprint density at radius 1 is 1.26 bits per heavy atom. The van der Waals surface area contributed by atoms with Crippen molar-refractivity contribution in [3.63, 3.8) is 0 Å². The van der Waals surface area contributed by atoms with Gasteiger partial charge >= 0.3 is 6.18 Å². The molecule has 8 nitrogen and oxygen atoms in total. The number of sulfonamides is 1. The summed E-state index contributed by atoms with van der Waals surface area (Å²) < 4.78 is 69.0. The molecule has 1 unspecified atom stereocenters. The summed E-state index contributed by atoms with van der Waals surface area (Å²) in [5.41, 5.74) is -0.485. The van der Waals surface area contributed by atoms with Crippen molar-refractivity contribution in [3.8, 4) is 0 Å². The van der Waals surface area contributed by atoms with Gasteiger partial charge in [-0.15, -0.1) is 0 Å². The van der Waals surface area contributed by atoms with E-state index in [-0.39, 0.29) is 28.2 Å². The predicted octanol–water partition coefficient (Wildman–Crippen LogP) is 2.84. The fraction of sp³-hybridized carbons (Fsp3) is 0.400. The van der Waals surface area contributed by atoms with Gasteiger partial charge in [0.25, 0.3) is 5.69 Å². The van der Waals surface area contributed by atoms with Crippen LogP contribution >= 0.6 is 0 Å². The van der Waals surface area contributed by atoms with Crippen LogP contribution in [0.2, 0.25) is 0 Å². The molecule has 2 aromatic rings. The summed E-state index contributed by atoms with van der Waals surface area (Å²) in [5.74, 6) is 0. The average Bonchev–Trinajstić information content (AvgIpc) is 2.76. The first-order valence-corrected chi connectivity index (χ1v) is 9.08. The third-order valence-electron chi connectivity index (χ3n) is 4.11. The van der Waals surface area contributed by atoms with Crippen LogP contribution in [0.5, 0.6) is 0 Å². The van der Waals surface area contributed by atoms with Crippen LogP contribution in [0.25, 0.3) is 0 Å². The normalized spacial score (nSPS) is 13.6. The molecule has 1 heterocycles. The van der Waals surface area contributed by atoms with Gasteiger partial charge in [-0.1, -0.05) is 0 Å². The number of hydrogen-bond acceptors (Lipinski definition) is 5. The van der Waals surface area contributed by atoms with E-state index in [1.807, 2.05) is 0 Å². The molecule has 1 atom stereocenters. The van der Waals surface area contributed by atoms with Crippen LogP contribution in [-0.2, 0) is 17.1 Å². The summed E-state index contributed by atoms with van der Waals surface area (Å²) in [7, 11) is -3.17. The lowest BCUT2D eigenvalue weighted by atomic mass is 10.1. The van der Waals surface area contributed by atoms with E-state index in [1.54, 1.807) is 4.72 Å². The van der Waals surface area contributed by atoms with Crippen LogP contribution in [0, 0.1) is 30.9 Å². The molecule has 27 heavy (non-hydrogen) atoms. The molecule has 0 bridgehead atoms. The number of alkyl halides is 3. The standard InChI is InChI=1S/C15H17F3N4O4S/c1-8-7-11(22(23)24)5-6-12(8)27(25,26)20-14(15(16,17)18)13-9(2)19-21(4)10(13)3/h5-7,14,20H,1-4H3. The molecular weight excluding hydrogens is 389 g/mol. The largest absolute Gasteiger partial charge is 0.409 e. The molecule has 1 N–H and O–H groups in total. The fourth-order valence-electron chi connectivity index (χ4n) is 2.76. The van der Waals surface area contributed by atoms with Gasteiger partial charge in [0.1, 0.15) is 6.04 Å². The number of nitro groups is 1. The van der Waals surface area contributed by atoms with E-state index in [1.165, 1.54) is 32.5 Å². The van der Waals surface area contributed by atoms with Crippen molar-refractivity contribution in [2.75, 3.05) is 0 Å². The topological polar surface area (TPSA) is 107 Å². The van der Waals surface area contributed by atoms with E-state index in [0.717, 1.165) is 18.2 Å². The van der Waals surface area contributed by atoms with Crippen LogP contribution in [0.3, 0.4) is 0 Å². The second kappa shape index (κ2) is 6.93. The predicted molar refractivity (Wildman–Crippen MR) is 89.6 cm³/mol. The molecule has 2 rings (SSSR count). The summed E-state index contributed by atoms with van der Waals surface area (Å²) in [5, 5.41) is 14.7. The Bertz CT molecular complexity index is 999. The third kappa shape index (κ3) is 4.11. The Kier molecular flexibility index (Phi) is 5.34. The first-order chi connectivity index (χ1) is 12.3. The molecule has 12 heteroatoms. The molecule has 1 aromatic heterocycles. The smallest absolute Gasteiger partial charge is 0.272 e. The maximum Gasteiger partial charge on any atom is 0.409 e. The highest BCUT2D eigenvalue weighted by Crippen LogP contribution is 2.37. The summed E-state index contributed by atoms with van der Waals surface area (Å²) in [6.07, 6.45) is -4.92. The van der Waals surface area contributed by atoms with Crippen LogP contribution in [0.4, 0.5) is 18.9 Å². The van der Waals surface area contributed by atoms with E-state index >= 15 is 0 Å². The van der Waals surface area contributed by atoms with Crippen molar-refractivity contribution in [2.45, 2.75) is 37.9 Å². The fourth-order valence-corrected chi connectivity index (χ4v) is 4.18. The Labute approximate surface area is 153 Å². The van der Waals surface area contributed by atoms with Crippen molar-refractivity contribution in [1.82, 2.24) is 14.5 Å². The molecule has 0 saturated carbocycles. The number of halogens is 3. The van der Waals surface area contributed by atoms with Crippen molar-refractivity contribution in [2.24, 2.45) is 7.05 Å². The number of benzene rings is 1. The molecule has 1 aromatic carbocycles. The second-order valence-corrected chi connectivity index (χ2v) is 7.69.